The first-order chi connectivity index (χ1) is 13.2. The molecule has 0 bridgehead atoms. The molecule has 0 amide bonds. The molecule has 0 aromatic rings. The van der Waals surface area contributed by atoms with Crippen LogP contribution in [-0.2, 0) is 0 Å². The van der Waals surface area contributed by atoms with E-state index in [9.17, 15) is 22.7 Å². The lowest BCUT2D eigenvalue weighted by Gasteiger charge is -2.42. The van der Waals surface area contributed by atoms with Crippen LogP contribution in [0.5, 0.6) is 0 Å². The summed E-state index contributed by atoms with van der Waals surface area (Å²) in [5.41, 5.74) is 0. The summed E-state index contributed by atoms with van der Waals surface area (Å²) < 4.78 is 54.9. The summed E-state index contributed by atoms with van der Waals surface area (Å²) in [5, 5.41) is 10.7. The molecule has 3 saturated carbocycles. The average Bonchev–Trinajstić information content (AvgIpc) is 2.65. The van der Waals surface area contributed by atoms with Crippen molar-refractivity contribution >= 4 is 0 Å². The van der Waals surface area contributed by atoms with Crippen LogP contribution in [0.2, 0.25) is 0 Å². The topological polar surface area (TPSA) is 20.2 Å². The second kappa shape index (κ2) is 9.22. The monoisotopic (exact) mass is 406 g/mol. The average molecular weight is 407 g/mol. The molecule has 3 rings (SSSR count). The Bertz CT molecular complexity index is 477. The smallest absolute Gasteiger partial charge is 0.245 e. The van der Waals surface area contributed by atoms with Gasteiger partial charge in [0.05, 0.1) is 6.10 Å². The van der Waals surface area contributed by atoms with E-state index >= 15 is 0 Å². The fraction of sp³-hybridized carbons (Fsp3) is 1.00. The minimum absolute atomic E-state index is 0.0125. The van der Waals surface area contributed by atoms with E-state index in [0.29, 0.717) is 24.7 Å². The van der Waals surface area contributed by atoms with Crippen LogP contribution in [0, 0.1) is 35.5 Å². The molecule has 1 N–H and O–H groups in total. The maximum Gasteiger partial charge on any atom is 0.245 e. The molecule has 5 atom stereocenters. The Hall–Kier alpha value is -0.320. The summed E-state index contributed by atoms with van der Waals surface area (Å²) in [5.74, 6) is -1.92. The molecule has 0 heterocycles. The lowest BCUT2D eigenvalue weighted by molar-refractivity contribution is -0.0630. The number of alkyl halides is 4. The van der Waals surface area contributed by atoms with Crippen LogP contribution in [0.4, 0.5) is 17.6 Å². The Labute approximate surface area is 167 Å². The van der Waals surface area contributed by atoms with Gasteiger partial charge in [0.2, 0.25) is 5.92 Å². The van der Waals surface area contributed by atoms with Crippen molar-refractivity contribution in [2.24, 2.45) is 35.5 Å². The highest BCUT2D eigenvalue weighted by Crippen LogP contribution is 2.46. The fourth-order valence-electron chi connectivity index (χ4n) is 6.36. The number of aliphatic hydroxyl groups is 1. The third-order valence-corrected chi connectivity index (χ3v) is 8.16. The maximum atomic E-state index is 14.4. The molecule has 0 aromatic heterocycles. The molecular weight excluding hydrogens is 368 g/mol. The highest BCUT2D eigenvalue weighted by atomic mass is 19.3. The highest BCUT2D eigenvalue weighted by Gasteiger charge is 2.44. The first-order valence-corrected chi connectivity index (χ1v) is 11.5. The SMILES string of the molecule is CC1CCC(C(O)C2CCC(C3CCC(CC(C)(F)F)CC3)CC2)C(F)C1F. The van der Waals surface area contributed by atoms with Crippen molar-refractivity contribution in [3.8, 4) is 0 Å². The molecule has 1 nitrogen and oxygen atoms in total. The van der Waals surface area contributed by atoms with Crippen LogP contribution in [-0.4, -0.2) is 29.5 Å². The van der Waals surface area contributed by atoms with E-state index in [1.54, 1.807) is 6.92 Å². The molecule has 164 valence electrons. The largest absolute Gasteiger partial charge is 0.392 e. The molecule has 3 fully saturated rings. The van der Waals surface area contributed by atoms with Crippen LogP contribution in [0.15, 0.2) is 0 Å². The van der Waals surface area contributed by atoms with E-state index in [4.69, 9.17) is 0 Å². The minimum atomic E-state index is -2.56. The van der Waals surface area contributed by atoms with Gasteiger partial charge < -0.3 is 5.11 Å². The quantitative estimate of drug-likeness (QED) is 0.502. The van der Waals surface area contributed by atoms with Gasteiger partial charge in [-0.2, -0.15) is 0 Å². The number of halogens is 4. The summed E-state index contributed by atoms with van der Waals surface area (Å²) in [4.78, 5) is 0. The van der Waals surface area contributed by atoms with Crippen LogP contribution in [0.25, 0.3) is 0 Å². The molecule has 0 aromatic carbocycles. The second-order valence-corrected chi connectivity index (χ2v) is 10.3. The molecule has 0 spiro atoms. The summed E-state index contributed by atoms with van der Waals surface area (Å²) >= 11 is 0. The molecule has 5 heteroatoms. The summed E-state index contributed by atoms with van der Waals surface area (Å²) in [6.45, 7) is 2.77. The van der Waals surface area contributed by atoms with Gasteiger partial charge in [-0.15, -0.1) is 0 Å². The summed E-state index contributed by atoms with van der Waals surface area (Å²) in [6, 6.07) is 0. The molecule has 3 aliphatic carbocycles. The predicted octanol–water partition coefficient (Wildman–Crippen LogP) is 6.73. The zero-order valence-corrected chi connectivity index (χ0v) is 17.4. The van der Waals surface area contributed by atoms with E-state index in [1.807, 2.05) is 0 Å². The number of rotatable bonds is 5. The molecule has 28 heavy (non-hydrogen) atoms. The maximum absolute atomic E-state index is 14.4. The molecule has 5 unspecified atom stereocenters. The Kier molecular flexibility index (Phi) is 7.37. The first kappa shape index (κ1) is 22.4. The number of hydrogen-bond donors (Lipinski definition) is 1. The van der Waals surface area contributed by atoms with E-state index in [-0.39, 0.29) is 24.2 Å². The van der Waals surface area contributed by atoms with Gasteiger partial charge >= 0.3 is 0 Å². The fourth-order valence-corrected chi connectivity index (χ4v) is 6.36. The molecule has 0 saturated heterocycles. The van der Waals surface area contributed by atoms with Crippen LogP contribution in [0.3, 0.4) is 0 Å². The Balaban J connectivity index is 1.43. The highest BCUT2D eigenvalue weighted by molar-refractivity contribution is 4.93. The van der Waals surface area contributed by atoms with Crippen molar-refractivity contribution < 1.29 is 22.7 Å². The normalized spacial score (nSPS) is 44.2. The Morgan fingerprint density at radius 1 is 0.821 bits per heavy atom. The molecule has 0 radical (unpaired) electrons. The van der Waals surface area contributed by atoms with Crippen molar-refractivity contribution in [2.45, 2.75) is 109 Å². The second-order valence-electron chi connectivity index (χ2n) is 10.3. The van der Waals surface area contributed by atoms with E-state index in [2.05, 4.69) is 0 Å². The van der Waals surface area contributed by atoms with Crippen molar-refractivity contribution in [3.05, 3.63) is 0 Å². The van der Waals surface area contributed by atoms with Gasteiger partial charge in [-0.25, -0.2) is 17.6 Å². The molecular formula is C23H38F4O. The van der Waals surface area contributed by atoms with Crippen molar-refractivity contribution in [1.82, 2.24) is 0 Å². The zero-order valence-electron chi connectivity index (χ0n) is 17.4. The van der Waals surface area contributed by atoms with Crippen LogP contribution in [0.1, 0.15) is 84.5 Å². The number of hydrogen-bond acceptors (Lipinski definition) is 1. The van der Waals surface area contributed by atoms with Crippen molar-refractivity contribution in [3.63, 3.8) is 0 Å². The third-order valence-electron chi connectivity index (χ3n) is 8.16. The van der Waals surface area contributed by atoms with Gasteiger partial charge in [0, 0.05) is 12.3 Å². The van der Waals surface area contributed by atoms with Gasteiger partial charge in [0.15, 0.2) is 0 Å². The van der Waals surface area contributed by atoms with Gasteiger partial charge in [-0.3, -0.25) is 0 Å². The standard InChI is InChI=1S/C23H38F4O/c1-14-3-12-19(21(25)20(14)24)22(28)18-10-8-17(9-11-18)16-6-4-15(5-7-16)13-23(2,26)27/h14-22,28H,3-13H2,1-2H3. The van der Waals surface area contributed by atoms with Crippen LogP contribution < -0.4 is 0 Å². The minimum Gasteiger partial charge on any atom is -0.392 e. The lowest BCUT2D eigenvalue weighted by atomic mass is 9.66. The zero-order chi connectivity index (χ0) is 20.5. The van der Waals surface area contributed by atoms with Crippen molar-refractivity contribution in [2.75, 3.05) is 0 Å². The van der Waals surface area contributed by atoms with E-state index < -0.39 is 30.3 Å². The van der Waals surface area contributed by atoms with Gasteiger partial charge in [0.25, 0.3) is 0 Å². The molecule has 3 aliphatic rings. The lowest BCUT2D eigenvalue weighted by Crippen LogP contribution is -2.45. The Morgan fingerprint density at radius 2 is 1.36 bits per heavy atom. The van der Waals surface area contributed by atoms with Gasteiger partial charge in [-0.05, 0) is 101 Å². The molecule has 0 aliphatic heterocycles. The van der Waals surface area contributed by atoms with Gasteiger partial charge in [0.1, 0.15) is 12.3 Å². The summed E-state index contributed by atoms with van der Waals surface area (Å²) in [7, 11) is 0. The first-order valence-electron chi connectivity index (χ1n) is 11.5. The predicted molar refractivity (Wildman–Crippen MR) is 104 cm³/mol. The van der Waals surface area contributed by atoms with Crippen LogP contribution >= 0.6 is 0 Å². The van der Waals surface area contributed by atoms with E-state index in [1.165, 1.54) is 0 Å². The third kappa shape index (κ3) is 5.43. The van der Waals surface area contributed by atoms with Crippen molar-refractivity contribution in [1.29, 1.82) is 0 Å². The Morgan fingerprint density at radius 3 is 1.89 bits per heavy atom. The van der Waals surface area contributed by atoms with E-state index in [0.717, 1.165) is 58.3 Å². The summed E-state index contributed by atoms with van der Waals surface area (Å²) in [6.07, 6.45) is 5.22. The van der Waals surface area contributed by atoms with Gasteiger partial charge in [-0.1, -0.05) is 6.92 Å². The number of aliphatic hydroxyl groups excluding tert-OH is 1.